The van der Waals surface area contributed by atoms with Gasteiger partial charge in [0.05, 0.1) is 4.92 Å². The SMILES string of the molecule is Cc1cc(C(CCN2CC(=O)NC2=O)CC(C)(C)CCCCSCCCC(F)(F)C(F)(F)F)ccc1[N+](=O)[O-]. The second-order valence-corrected chi connectivity index (χ2v) is 12.0. The molecule has 1 fully saturated rings. The van der Waals surface area contributed by atoms with E-state index in [1.165, 1.54) is 22.7 Å². The lowest BCUT2D eigenvalue weighted by atomic mass is 9.75. The van der Waals surface area contributed by atoms with E-state index in [-0.39, 0.29) is 41.6 Å². The summed E-state index contributed by atoms with van der Waals surface area (Å²) < 4.78 is 62.6. The molecule has 2 rings (SSSR count). The fraction of sp³-hybridized carbons (Fsp3) is 0.692. The molecule has 1 atom stereocenters. The zero-order valence-corrected chi connectivity index (χ0v) is 23.2. The van der Waals surface area contributed by atoms with Crippen molar-refractivity contribution in [3.05, 3.63) is 39.4 Å². The number of hydrogen-bond acceptors (Lipinski definition) is 5. The van der Waals surface area contributed by atoms with Crippen LogP contribution < -0.4 is 5.32 Å². The number of nitrogens with one attached hydrogen (secondary N) is 1. The molecule has 0 saturated carbocycles. The lowest BCUT2D eigenvalue weighted by Crippen LogP contribution is -2.36. The van der Waals surface area contributed by atoms with Crippen LogP contribution >= 0.6 is 11.8 Å². The number of urea groups is 1. The first kappa shape index (κ1) is 32.8. The smallest absolute Gasteiger partial charge is 0.315 e. The van der Waals surface area contributed by atoms with Crippen LogP contribution in [0.3, 0.4) is 0 Å². The second kappa shape index (κ2) is 13.8. The van der Waals surface area contributed by atoms with Crippen LogP contribution in [0.25, 0.3) is 0 Å². The number of carbonyl (C=O) groups is 2. The highest BCUT2D eigenvalue weighted by atomic mass is 32.2. The average Bonchev–Trinajstić information content (AvgIpc) is 3.13. The summed E-state index contributed by atoms with van der Waals surface area (Å²) in [6, 6.07) is 4.59. The highest BCUT2D eigenvalue weighted by molar-refractivity contribution is 7.99. The molecule has 1 aromatic rings. The van der Waals surface area contributed by atoms with Crippen molar-refractivity contribution in [3.8, 4) is 0 Å². The van der Waals surface area contributed by atoms with Crippen molar-refractivity contribution in [2.75, 3.05) is 24.6 Å². The number of halogens is 5. The lowest BCUT2D eigenvalue weighted by Gasteiger charge is -2.31. The molecule has 1 aliphatic rings. The summed E-state index contributed by atoms with van der Waals surface area (Å²) in [5, 5.41) is 13.5. The van der Waals surface area contributed by atoms with Crippen LogP contribution in [0.4, 0.5) is 32.4 Å². The topological polar surface area (TPSA) is 92.6 Å². The van der Waals surface area contributed by atoms with E-state index in [9.17, 15) is 41.7 Å². The number of amides is 3. The third-order valence-corrected chi connectivity index (χ3v) is 8.04. The quantitative estimate of drug-likeness (QED) is 0.0731. The first-order valence-electron chi connectivity index (χ1n) is 12.9. The van der Waals surface area contributed by atoms with Gasteiger partial charge >= 0.3 is 18.1 Å². The van der Waals surface area contributed by atoms with Gasteiger partial charge in [-0.15, -0.1) is 0 Å². The molecule has 1 N–H and O–H groups in total. The van der Waals surface area contributed by atoms with E-state index in [1.54, 1.807) is 19.1 Å². The molecule has 0 radical (unpaired) electrons. The minimum atomic E-state index is -5.51. The largest absolute Gasteiger partial charge is 0.453 e. The zero-order chi connectivity index (χ0) is 29.4. The Morgan fingerprint density at radius 2 is 1.74 bits per heavy atom. The third kappa shape index (κ3) is 10.2. The maximum atomic E-state index is 13.0. The van der Waals surface area contributed by atoms with Gasteiger partial charge in [0, 0.05) is 24.6 Å². The Morgan fingerprint density at radius 3 is 2.31 bits per heavy atom. The van der Waals surface area contributed by atoms with Crippen molar-refractivity contribution in [2.24, 2.45) is 5.41 Å². The van der Waals surface area contributed by atoms with Crippen LogP contribution in [0.5, 0.6) is 0 Å². The van der Waals surface area contributed by atoms with Gasteiger partial charge in [0.1, 0.15) is 6.54 Å². The summed E-state index contributed by atoms with van der Waals surface area (Å²) in [5.74, 6) is -4.12. The van der Waals surface area contributed by atoms with E-state index >= 15 is 0 Å². The Kier molecular flexibility index (Phi) is 11.6. The van der Waals surface area contributed by atoms with Gasteiger partial charge in [-0.05, 0) is 73.5 Å². The number of unbranched alkanes of at least 4 members (excludes halogenated alkanes) is 1. The molecule has 3 amide bonds. The van der Waals surface area contributed by atoms with Gasteiger partial charge in [0.25, 0.3) is 5.69 Å². The molecule has 0 aromatic heterocycles. The maximum absolute atomic E-state index is 13.0. The number of imide groups is 1. The lowest BCUT2D eigenvalue weighted by molar-refractivity contribution is -0.385. The van der Waals surface area contributed by atoms with Crippen LogP contribution in [0.1, 0.15) is 75.8 Å². The highest BCUT2D eigenvalue weighted by Gasteiger charge is 2.56. The number of hydrogen-bond donors (Lipinski definition) is 1. The van der Waals surface area contributed by atoms with Crippen molar-refractivity contribution in [3.63, 3.8) is 0 Å². The molecule has 220 valence electrons. The minimum absolute atomic E-state index is 0.000249. The fourth-order valence-electron chi connectivity index (χ4n) is 4.72. The van der Waals surface area contributed by atoms with Crippen LogP contribution in [-0.2, 0) is 4.79 Å². The number of carbonyl (C=O) groups excluding carboxylic acids is 2. The number of benzene rings is 1. The number of nitro groups is 1. The molecular weight excluding hydrogens is 545 g/mol. The van der Waals surface area contributed by atoms with Crippen molar-refractivity contribution in [1.82, 2.24) is 10.2 Å². The molecule has 39 heavy (non-hydrogen) atoms. The second-order valence-electron chi connectivity index (χ2n) is 10.8. The van der Waals surface area contributed by atoms with Gasteiger partial charge in [-0.25, -0.2) is 4.79 Å². The van der Waals surface area contributed by atoms with Crippen molar-refractivity contribution < 1.29 is 36.5 Å². The van der Waals surface area contributed by atoms with Crippen LogP contribution in [0.2, 0.25) is 0 Å². The van der Waals surface area contributed by atoms with Gasteiger partial charge in [-0.2, -0.15) is 33.7 Å². The molecule has 0 aliphatic carbocycles. The van der Waals surface area contributed by atoms with Gasteiger partial charge < -0.3 is 4.90 Å². The molecule has 13 heteroatoms. The molecule has 7 nitrogen and oxygen atoms in total. The summed E-state index contributed by atoms with van der Waals surface area (Å²) in [6.07, 6.45) is -3.15. The first-order chi connectivity index (χ1) is 18.0. The summed E-state index contributed by atoms with van der Waals surface area (Å²) in [5.41, 5.74) is 1.35. The summed E-state index contributed by atoms with van der Waals surface area (Å²) >= 11 is 1.37. The Bertz CT molecular complexity index is 1020. The third-order valence-electron chi connectivity index (χ3n) is 6.89. The monoisotopic (exact) mass is 581 g/mol. The number of aryl methyl sites for hydroxylation is 1. The van der Waals surface area contributed by atoms with Gasteiger partial charge in [0.2, 0.25) is 5.91 Å². The van der Waals surface area contributed by atoms with Gasteiger partial charge in [0.15, 0.2) is 0 Å². The van der Waals surface area contributed by atoms with Gasteiger partial charge in [-0.1, -0.05) is 26.3 Å². The summed E-state index contributed by atoms with van der Waals surface area (Å²) in [4.78, 5) is 35.8. The predicted molar refractivity (Wildman–Crippen MR) is 140 cm³/mol. The molecule has 1 saturated heterocycles. The van der Waals surface area contributed by atoms with E-state index in [0.717, 1.165) is 31.2 Å². The summed E-state index contributed by atoms with van der Waals surface area (Å²) in [7, 11) is 0. The molecule has 0 bridgehead atoms. The number of nitro benzene ring substituents is 1. The Hall–Kier alpha value is -2.44. The molecule has 0 spiro atoms. The number of nitrogens with zero attached hydrogens (tertiary/aromatic N) is 2. The molecule has 1 aromatic carbocycles. The molecular formula is C26H36F5N3O4S. The minimum Gasteiger partial charge on any atom is -0.315 e. The maximum Gasteiger partial charge on any atom is 0.453 e. The van der Waals surface area contributed by atoms with Crippen LogP contribution in [-0.4, -0.2) is 58.5 Å². The van der Waals surface area contributed by atoms with Gasteiger partial charge in [-0.3, -0.25) is 20.2 Å². The van der Waals surface area contributed by atoms with Crippen molar-refractivity contribution in [1.29, 1.82) is 0 Å². The van der Waals surface area contributed by atoms with E-state index in [4.69, 9.17) is 0 Å². The van der Waals surface area contributed by atoms with Crippen molar-refractivity contribution in [2.45, 2.75) is 83.7 Å². The molecule has 1 aliphatic heterocycles. The summed E-state index contributed by atoms with van der Waals surface area (Å²) in [6.45, 7) is 6.25. The Labute approximate surface area is 229 Å². The zero-order valence-electron chi connectivity index (χ0n) is 22.4. The molecule has 1 unspecified atom stereocenters. The van der Waals surface area contributed by atoms with E-state index in [1.807, 2.05) is 0 Å². The van der Waals surface area contributed by atoms with E-state index < -0.39 is 29.5 Å². The van der Waals surface area contributed by atoms with E-state index in [2.05, 4.69) is 19.2 Å². The highest BCUT2D eigenvalue weighted by Crippen LogP contribution is 2.40. The molecule has 1 heterocycles. The standard InChI is InChI=1S/C26H36F5N3O4S/c1-18-15-19(7-8-21(18)34(37)38)20(9-12-33-17-22(35)32-23(33)36)16-24(2,3)10-4-5-13-39-14-6-11-25(27,28)26(29,30)31/h7-8,15,20H,4-6,9-14,16-17H2,1-3H3,(H,32,35,36). The normalized spacial score (nSPS) is 15.5. The number of thioether (sulfide) groups is 1. The van der Waals surface area contributed by atoms with Crippen LogP contribution in [0.15, 0.2) is 18.2 Å². The predicted octanol–water partition coefficient (Wildman–Crippen LogP) is 7.23. The fourth-order valence-corrected chi connectivity index (χ4v) is 5.68. The van der Waals surface area contributed by atoms with Crippen molar-refractivity contribution >= 4 is 29.4 Å². The number of rotatable bonds is 16. The van der Waals surface area contributed by atoms with Crippen LogP contribution in [0, 0.1) is 22.5 Å². The average molecular weight is 582 g/mol. The van der Waals surface area contributed by atoms with E-state index in [0.29, 0.717) is 24.3 Å². The Balaban J connectivity index is 1.89. The Morgan fingerprint density at radius 1 is 1.08 bits per heavy atom. The first-order valence-corrected chi connectivity index (χ1v) is 14.0. The number of alkyl halides is 5.